The van der Waals surface area contributed by atoms with Gasteiger partial charge in [-0.1, -0.05) is 104 Å². The summed E-state index contributed by atoms with van der Waals surface area (Å²) in [4.78, 5) is 17.0. The Bertz CT molecular complexity index is 879. The van der Waals surface area contributed by atoms with Crippen molar-refractivity contribution in [3.05, 3.63) is 23.0 Å². The number of aryl methyl sites for hydroxylation is 1. The fourth-order valence-electron chi connectivity index (χ4n) is 5.94. The summed E-state index contributed by atoms with van der Waals surface area (Å²) in [6.07, 6.45) is 24.7. The number of carbonyl (C=O) groups is 1. The molecule has 0 spiro atoms. The van der Waals surface area contributed by atoms with Gasteiger partial charge in [-0.2, -0.15) is 0 Å². The molecule has 1 aromatic heterocycles. The highest BCUT2D eigenvalue weighted by atomic mass is 35.5. The Morgan fingerprint density at radius 2 is 1.45 bits per heavy atom. The van der Waals surface area contributed by atoms with E-state index in [1.165, 1.54) is 95.5 Å². The van der Waals surface area contributed by atoms with Crippen molar-refractivity contribution in [2.75, 3.05) is 27.2 Å². The predicted octanol–water partition coefficient (Wildman–Crippen LogP) is 5.77. The minimum absolute atomic E-state index is 0. The number of aromatic nitrogens is 1. The predicted molar refractivity (Wildman–Crippen MR) is 171 cm³/mol. The second-order valence-electron chi connectivity index (χ2n) is 13.3. The number of pyridine rings is 1. The molecule has 1 aliphatic rings. The number of fused-ring (bicyclic) bond motifs is 1. The van der Waals surface area contributed by atoms with E-state index in [4.69, 9.17) is 9.47 Å². The summed E-state index contributed by atoms with van der Waals surface area (Å²) in [5.74, 6) is 0.501. The summed E-state index contributed by atoms with van der Waals surface area (Å²) >= 11 is 0. The summed E-state index contributed by atoms with van der Waals surface area (Å²) < 4.78 is 13.2. The molecule has 0 fully saturated rings. The van der Waals surface area contributed by atoms with Crippen molar-refractivity contribution in [3.63, 3.8) is 0 Å². The van der Waals surface area contributed by atoms with Gasteiger partial charge in [0.25, 0.3) is 0 Å². The Morgan fingerprint density at radius 1 is 0.905 bits per heavy atom. The lowest BCUT2D eigenvalue weighted by molar-refractivity contribution is -0.902. The van der Waals surface area contributed by atoms with Gasteiger partial charge in [0.15, 0.2) is 0 Å². The van der Waals surface area contributed by atoms with Crippen molar-refractivity contribution in [1.29, 1.82) is 0 Å². The number of halogens is 1. The van der Waals surface area contributed by atoms with Gasteiger partial charge in [0.05, 0.1) is 39.5 Å². The zero-order valence-corrected chi connectivity index (χ0v) is 28.9. The molecular formula is C35H64ClN3O3. The highest BCUT2D eigenvalue weighted by Crippen LogP contribution is 2.37. The van der Waals surface area contributed by atoms with Crippen molar-refractivity contribution in [2.45, 2.75) is 162 Å². The van der Waals surface area contributed by atoms with Crippen molar-refractivity contribution >= 4 is 5.91 Å². The minimum atomic E-state index is -0.575. The van der Waals surface area contributed by atoms with Crippen LogP contribution in [-0.4, -0.2) is 48.3 Å². The largest absolute Gasteiger partial charge is 1.00 e. The van der Waals surface area contributed by atoms with Crippen molar-refractivity contribution in [2.24, 2.45) is 0 Å². The van der Waals surface area contributed by atoms with Crippen LogP contribution >= 0.6 is 0 Å². The quantitative estimate of drug-likeness (QED) is 0.126. The maximum absolute atomic E-state index is 12.4. The van der Waals surface area contributed by atoms with E-state index in [0.717, 1.165) is 53.8 Å². The van der Waals surface area contributed by atoms with E-state index in [0.29, 0.717) is 19.6 Å². The van der Waals surface area contributed by atoms with E-state index in [-0.39, 0.29) is 18.3 Å². The number of rotatable bonds is 23. The molecule has 1 N–H and O–H groups in total. The highest BCUT2D eigenvalue weighted by Gasteiger charge is 2.35. The molecule has 244 valence electrons. The molecule has 1 amide bonds. The molecule has 7 heteroatoms. The number of nitrogens with zero attached hydrogens (tertiary/aromatic N) is 2. The molecule has 2 rings (SSSR count). The SMILES string of the molecule is CCCCCCCCCCCCCCCCCC(=O)NCC[N+](C)(C)Cc1cnc(C)c2c1COC(C)(CCC)O2.[Cl-]. The molecule has 0 saturated heterocycles. The number of unbranched alkanes of at least 4 members (excludes halogenated alkanes) is 14. The molecule has 0 saturated carbocycles. The lowest BCUT2D eigenvalue weighted by Crippen LogP contribution is -3.00. The standard InChI is InChI=1S/C35H63N3O3.ClH/c1-7-9-10-11-12-13-14-15-16-17-18-19-20-21-22-23-33(39)36-25-26-38(5,6)28-31-27-37-30(3)34-32(31)29-40-35(4,41-34)24-8-2;/h27H,7-26,28-29H2,1-6H3;1H. The topological polar surface area (TPSA) is 60.5 Å². The van der Waals surface area contributed by atoms with Gasteiger partial charge in [-0.3, -0.25) is 9.78 Å². The van der Waals surface area contributed by atoms with Gasteiger partial charge in [0.1, 0.15) is 12.3 Å². The first kappa shape index (κ1) is 38.7. The van der Waals surface area contributed by atoms with E-state index >= 15 is 0 Å². The Kier molecular flexibility index (Phi) is 19.6. The zero-order valence-electron chi connectivity index (χ0n) is 28.1. The van der Waals surface area contributed by atoms with Crippen LogP contribution in [-0.2, 0) is 22.7 Å². The Balaban J connectivity index is 0.00000882. The number of amides is 1. The Morgan fingerprint density at radius 3 is 2.00 bits per heavy atom. The van der Waals surface area contributed by atoms with Gasteiger partial charge in [0, 0.05) is 37.1 Å². The number of quaternary nitrogens is 1. The second kappa shape index (κ2) is 21.4. The third-order valence-electron chi connectivity index (χ3n) is 8.59. The number of hydrogen-bond donors (Lipinski definition) is 1. The maximum atomic E-state index is 12.4. The van der Waals surface area contributed by atoms with E-state index in [9.17, 15) is 4.79 Å². The molecule has 6 nitrogen and oxygen atoms in total. The molecule has 1 aromatic rings. The third kappa shape index (κ3) is 15.4. The average molecular weight is 610 g/mol. The first-order valence-electron chi connectivity index (χ1n) is 17.1. The van der Waals surface area contributed by atoms with Gasteiger partial charge >= 0.3 is 0 Å². The number of hydrogen-bond acceptors (Lipinski definition) is 4. The molecule has 0 aliphatic carbocycles. The van der Waals surface area contributed by atoms with Crippen LogP contribution in [0, 0.1) is 6.92 Å². The van der Waals surface area contributed by atoms with E-state index in [1.54, 1.807) is 0 Å². The highest BCUT2D eigenvalue weighted by molar-refractivity contribution is 5.75. The molecule has 42 heavy (non-hydrogen) atoms. The average Bonchev–Trinajstić information content (AvgIpc) is 2.92. The number of nitrogens with one attached hydrogen (secondary N) is 1. The van der Waals surface area contributed by atoms with Gasteiger partial charge < -0.3 is 31.7 Å². The fraction of sp³-hybridized carbons (Fsp3) is 0.829. The van der Waals surface area contributed by atoms with Crippen molar-refractivity contribution < 1.29 is 31.2 Å². The molecule has 0 aromatic carbocycles. The Hall–Kier alpha value is -1.37. The summed E-state index contributed by atoms with van der Waals surface area (Å²) in [5.41, 5.74) is 3.21. The van der Waals surface area contributed by atoms with Crippen LogP contribution in [0.5, 0.6) is 5.75 Å². The van der Waals surface area contributed by atoms with Crippen LogP contribution in [0.3, 0.4) is 0 Å². The fourth-order valence-corrected chi connectivity index (χ4v) is 5.94. The molecule has 1 aliphatic heterocycles. The van der Waals surface area contributed by atoms with Crippen LogP contribution < -0.4 is 22.5 Å². The second-order valence-corrected chi connectivity index (χ2v) is 13.3. The first-order chi connectivity index (χ1) is 19.7. The zero-order chi connectivity index (χ0) is 30.0. The van der Waals surface area contributed by atoms with Gasteiger partial charge in [-0.05, 0) is 19.8 Å². The smallest absolute Gasteiger partial charge is 0.220 e. The molecule has 1 unspecified atom stereocenters. The number of carbonyl (C=O) groups excluding carboxylic acids is 1. The van der Waals surface area contributed by atoms with Gasteiger partial charge in [-0.15, -0.1) is 0 Å². The monoisotopic (exact) mass is 609 g/mol. The van der Waals surface area contributed by atoms with E-state index in [1.807, 2.05) is 20.0 Å². The minimum Gasteiger partial charge on any atom is -1.00 e. The van der Waals surface area contributed by atoms with Crippen LogP contribution in [0.25, 0.3) is 0 Å². The van der Waals surface area contributed by atoms with E-state index < -0.39 is 5.79 Å². The van der Waals surface area contributed by atoms with Crippen LogP contribution in [0.2, 0.25) is 0 Å². The van der Waals surface area contributed by atoms with Crippen LogP contribution in [0.15, 0.2) is 6.20 Å². The Labute approximate surface area is 265 Å². The molecule has 2 heterocycles. The van der Waals surface area contributed by atoms with E-state index in [2.05, 4.69) is 38.2 Å². The summed E-state index contributed by atoms with van der Waals surface area (Å²) in [5, 5.41) is 3.15. The lowest BCUT2D eigenvalue weighted by Gasteiger charge is -2.38. The van der Waals surface area contributed by atoms with Crippen molar-refractivity contribution in [1.82, 2.24) is 10.3 Å². The summed E-state index contributed by atoms with van der Waals surface area (Å²) in [7, 11) is 4.41. The molecule has 0 bridgehead atoms. The summed E-state index contributed by atoms with van der Waals surface area (Å²) in [6, 6.07) is 0. The first-order valence-corrected chi connectivity index (χ1v) is 17.1. The van der Waals surface area contributed by atoms with Crippen molar-refractivity contribution in [3.8, 4) is 5.75 Å². The van der Waals surface area contributed by atoms with Gasteiger partial charge in [-0.25, -0.2) is 0 Å². The molecular weight excluding hydrogens is 546 g/mol. The third-order valence-corrected chi connectivity index (χ3v) is 8.59. The van der Waals surface area contributed by atoms with Gasteiger partial charge in [0.2, 0.25) is 11.7 Å². The van der Waals surface area contributed by atoms with Crippen LogP contribution in [0.4, 0.5) is 0 Å². The number of ether oxygens (including phenoxy) is 2. The molecule has 0 radical (unpaired) electrons. The normalized spacial score (nSPS) is 16.4. The molecule has 1 atom stereocenters. The lowest BCUT2D eigenvalue weighted by atomic mass is 10.0. The summed E-state index contributed by atoms with van der Waals surface area (Å²) in [6.45, 7) is 11.4. The maximum Gasteiger partial charge on any atom is 0.220 e. The number of likely N-dealkylation sites (N-methyl/N-ethyl adjacent to an activating group) is 1. The van der Waals surface area contributed by atoms with Crippen LogP contribution in [0.1, 0.15) is 153 Å².